The summed E-state index contributed by atoms with van der Waals surface area (Å²) in [4.78, 5) is 4.42. The lowest BCUT2D eigenvalue weighted by Crippen LogP contribution is -2.22. The molecule has 24 heavy (non-hydrogen) atoms. The Labute approximate surface area is 136 Å². The molecule has 1 saturated carbocycles. The van der Waals surface area contributed by atoms with Crippen LogP contribution < -0.4 is 0 Å². The van der Waals surface area contributed by atoms with Gasteiger partial charge >= 0.3 is 0 Å². The molecule has 1 fully saturated rings. The van der Waals surface area contributed by atoms with Crippen LogP contribution >= 0.6 is 0 Å². The summed E-state index contributed by atoms with van der Waals surface area (Å²) in [5.74, 6) is 1.30. The summed E-state index contributed by atoms with van der Waals surface area (Å²) in [6, 6.07) is 6.31. The van der Waals surface area contributed by atoms with E-state index in [-0.39, 0.29) is 11.9 Å². The summed E-state index contributed by atoms with van der Waals surface area (Å²) < 4.78 is 26.1. The number of aromatic nitrogens is 5. The van der Waals surface area contributed by atoms with Gasteiger partial charge in [-0.1, -0.05) is 22.5 Å². The summed E-state index contributed by atoms with van der Waals surface area (Å²) in [5.41, 5.74) is 2.30. The van der Waals surface area contributed by atoms with Crippen molar-refractivity contribution in [2.45, 2.75) is 38.0 Å². The van der Waals surface area contributed by atoms with Crippen LogP contribution in [0.3, 0.4) is 0 Å². The summed E-state index contributed by atoms with van der Waals surface area (Å²) in [5, 5.41) is 12.4. The maximum Gasteiger partial charge on any atom is 0.280 e. The van der Waals surface area contributed by atoms with Crippen molar-refractivity contribution in [3.63, 3.8) is 0 Å². The molecule has 1 atom stereocenters. The summed E-state index contributed by atoms with van der Waals surface area (Å²) in [7, 11) is 0. The molecule has 0 amide bonds. The van der Waals surface area contributed by atoms with E-state index in [1.54, 1.807) is 16.8 Å². The Bertz CT molecular complexity index is 884. The number of hydrogen-bond donors (Lipinski definition) is 0. The normalized spacial score (nSPS) is 20.1. The van der Waals surface area contributed by atoms with Crippen LogP contribution in [0.15, 0.2) is 28.8 Å². The molecule has 2 aliphatic rings. The van der Waals surface area contributed by atoms with Crippen molar-refractivity contribution in [1.29, 1.82) is 0 Å². The van der Waals surface area contributed by atoms with Crippen molar-refractivity contribution >= 4 is 0 Å². The Morgan fingerprint density at radius 1 is 1.17 bits per heavy atom. The van der Waals surface area contributed by atoms with Gasteiger partial charge in [0.15, 0.2) is 11.5 Å². The molecule has 3 aromatic rings. The standard InChI is InChI=1S/C16H14FN5O2/c17-11-5-3-9(4-6-11)13-7-22-12(8-23-13)14(19-21-22)16-18-15(20-24-16)10-1-2-10/h3-6,10,13H,1-2,7-8H2/t13-/m1/s1. The van der Waals surface area contributed by atoms with Crippen molar-refractivity contribution < 1.29 is 13.7 Å². The first-order valence-electron chi connectivity index (χ1n) is 7.91. The minimum atomic E-state index is -0.263. The van der Waals surface area contributed by atoms with Gasteiger partial charge in [0.05, 0.1) is 18.8 Å². The van der Waals surface area contributed by atoms with Gasteiger partial charge in [-0.2, -0.15) is 4.98 Å². The van der Waals surface area contributed by atoms with E-state index in [9.17, 15) is 4.39 Å². The van der Waals surface area contributed by atoms with Gasteiger partial charge in [0.25, 0.3) is 5.89 Å². The van der Waals surface area contributed by atoms with Crippen LogP contribution in [0.4, 0.5) is 4.39 Å². The van der Waals surface area contributed by atoms with Crippen molar-refractivity contribution in [3.05, 3.63) is 47.2 Å². The van der Waals surface area contributed by atoms with E-state index in [1.165, 1.54) is 12.1 Å². The molecular formula is C16H14FN5O2. The lowest BCUT2D eigenvalue weighted by molar-refractivity contribution is -0.00120. The largest absolute Gasteiger partial charge is 0.365 e. The summed E-state index contributed by atoms with van der Waals surface area (Å²) in [6.45, 7) is 0.850. The van der Waals surface area contributed by atoms with Gasteiger partial charge in [-0.05, 0) is 30.5 Å². The molecule has 0 spiro atoms. The predicted molar refractivity (Wildman–Crippen MR) is 79.2 cm³/mol. The van der Waals surface area contributed by atoms with E-state index in [0.717, 1.165) is 29.9 Å². The topological polar surface area (TPSA) is 78.9 Å². The Morgan fingerprint density at radius 2 is 2.00 bits per heavy atom. The predicted octanol–water partition coefficient (Wildman–Crippen LogP) is 2.62. The quantitative estimate of drug-likeness (QED) is 0.736. The number of hydrogen-bond acceptors (Lipinski definition) is 6. The zero-order valence-corrected chi connectivity index (χ0v) is 12.7. The molecule has 122 valence electrons. The van der Waals surface area contributed by atoms with Crippen LogP contribution in [0.2, 0.25) is 0 Å². The van der Waals surface area contributed by atoms with E-state index in [1.807, 2.05) is 0 Å². The minimum absolute atomic E-state index is 0.183. The monoisotopic (exact) mass is 327 g/mol. The maximum absolute atomic E-state index is 13.1. The molecule has 0 unspecified atom stereocenters. The Hall–Kier alpha value is -2.61. The molecule has 2 aromatic heterocycles. The second-order valence-electron chi connectivity index (χ2n) is 6.15. The van der Waals surface area contributed by atoms with Crippen LogP contribution in [0, 0.1) is 5.82 Å². The third kappa shape index (κ3) is 2.30. The number of ether oxygens (including phenoxy) is 1. The molecule has 1 aliphatic heterocycles. The van der Waals surface area contributed by atoms with Crippen LogP contribution in [0.5, 0.6) is 0 Å². The first kappa shape index (κ1) is 13.8. The molecule has 0 bridgehead atoms. The number of rotatable bonds is 3. The highest BCUT2D eigenvalue weighted by Gasteiger charge is 2.31. The van der Waals surface area contributed by atoms with E-state index in [0.29, 0.717) is 30.7 Å². The van der Waals surface area contributed by atoms with E-state index >= 15 is 0 Å². The van der Waals surface area contributed by atoms with Gasteiger partial charge in [0, 0.05) is 5.92 Å². The Balaban J connectivity index is 1.41. The van der Waals surface area contributed by atoms with Crippen LogP contribution in [-0.2, 0) is 17.9 Å². The molecular weight excluding hydrogens is 313 g/mol. The molecule has 7 nitrogen and oxygen atoms in total. The van der Waals surface area contributed by atoms with Crippen LogP contribution in [0.1, 0.15) is 41.9 Å². The van der Waals surface area contributed by atoms with Crippen LogP contribution in [-0.4, -0.2) is 25.1 Å². The van der Waals surface area contributed by atoms with Gasteiger partial charge in [-0.15, -0.1) is 5.10 Å². The van der Waals surface area contributed by atoms with E-state index < -0.39 is 0 Å². The zero-order chi connectivity index (χ0) is 16.1. The van der Waals surface area contributed by atoms with Gasteiger partial charge in [0.1, 0.15) is 11.9 Å². The van der Waals surface area contributed by atoms with Gasteiger partial charge in [-0.25, -0.2) is 9.07 Å². The molecule has 0 saturated heterocycles. The SMILES string of the molecule is Fc1ccc([C@H]2Cn3nnc(-c4nc(C5CC5)no4)c3CO2)cc1. The third-order valence-corrected chi connectivity index (χ3v) is 4.43. The minimum Gasteiger partial charge on any atom is -0.365 e. The van der Waals surface area contributed by atoms with Gasteiger partial charge in [-0.3, -0.25) is 0 Å². The second-order valence-corrected chi connectivity index (χ2v) is 6.15. The van der Waals surface area contributed by atoms with Crippen molar-refractivity contribution in [2.75, 3.05) is 0 Å². The Kier molecular flexibility index (Phi) is 2.99. The highest BCUT2D eigenvalue weighted by atomic mass is 19.1. The van der Waals surface area contributed by atoms with Gasteiger partial charge in [0.2, 0.25) is 0 Å². The summed E-state index contributed by atoms with van der Waals surface area (Å²) in [6.07, 6.45) is 2.04. The molecule has 3 heterocycles. The number of nitrogens with zero attached hydrogens (tertiary/aromatic N) is 5. The van der Waals surface area contributed by atoms with E-state index in [4.69, 9.17) is 9.26 Å². The Morgan fingerprint density at radius 3 is 2.79 bits per heavy atom. The lowest BCUT2D eigenvalue weighted by Gasteiger charge is -2.24. The second kappa shape index (κ2) is 5.20. The smallest absolute Gasteiger partial charge is 0.280 e. The maximum atomic E-state index is 13.1. The number of fused-ring (bicyclic) bond motifs is 1. The van der Waals surface area contributed by atoms with E-state index in [2.05, 4.69) is 20.5 Å². The molecule has 1 aromatic carbocycles. The van der Waals surface area contributed by atoms with Crippen molar-refractivity contribution in [2.24, 2.45) is 0 Å². The van der Waals surface area contributed by atoms with Gasteiger partial charge < -0.3 is 9.26 Å². The highest BCUT2D eigenvalue weighted by Crippen LogP contribution is 2.39. The first-order chi connectivity index (χ1) is 11.8. The molecule has 0 radical (unpaired) electrons. The lowest BCUT2D eigenvalue weighted by atomic mass is 10.1. The van der Waals surface area contributed by atoms with Crippen molar-refractivity contribution in [1.82, 2.24) is 25.1 Å². The molecule has 1 aliphatic carbocycles. The molecule has 5 rings (SSSR count). The fourth-order valence-corrected chi connectivity index (χ4v) is 2.90. The van der Waals surface area contributed by atoms with Crippen LogP contribution in [0.25, 0.3) is 11.6 Å². The zero-order valence-electron chi connectivity index (χ0n) is 12.7. The fraction of sp³-hybridized carbons (Fsp3) is 0.375. The first-order valence-corrected chi connectivity index (χ1v) is 7.91. The third-order valence-electron chi connectivity index (χ3n) is 4.43. The fourth-order valence-electron chi connectivity index (χ4n) is 2.90. The average Bonchev–Trinajstić information content (AvgIpc) is 3.19. The molecule has 8 heteroatoms. The highest BCUT2D eigenvalue weighted by molar-refractivity contribution is 5.50. The number of benzene rings is 1. The van der Waals surface area contributed by atoms with Crippen molar-refractivity contribution in [3.8, 4) is 11.6 Å². The number of halogens is 1. The summed E-state index contributed by atoms with van der Waals surface area (Å²) >= 11 is 0. The average molecular weight is 327 g/mol. The molecule has 0 N–H and O–H groups in total.